The van der Waals surface area contributed by atoms with Crippen LogP contribution in [0.25, 0.3) is 0 Å². The molecule has 1 aliphatic rings. The second kappa shape index (κ2) is 5.36. The van der Waals surface area contributed by atoms with E-state index in [-0.39, 0.29) is 11.6 Å². The molecule has 0 spiro atoms. The smallest absolute Gasteiger partial charge is 0.0770 e. The fourth-order valence-electron chi connectivity index (χ4n) is 3.35. The van der Waals surface area contributed by atoms with Gasteiger partial charge in [-0.05, 0) is 38.8 Å². The molecule has 1 atom stereocenters. The van der Waals surface area contributed by atoms with Gasteiger partial charge in [0, 0.05) is 12.6 Å². The summed E-state index contributed by atoms with van der Waals surface area (Å²) < 4.78 is 1.81. The van der Waals surface area contributed by atoms with Gasteiger partial charge in [0.2, 0.25) is 0 Å². The van der Waals surface area contributed by atoms with Crippen molar-refractivity contribution < 1.29 is 0 Å². The third kappa shape index (κ3) is 2.06. The second-order valence-corrected chi connectivity index (χ2v) is 5.26. The third-order valence-corrected chi connectivity index (χ3v) is 4.61. The lowest BCUT2D eigenvalue weighted by Gasteiger charge is -2.45. The molecule has 102 valence electrons. The summed E-state index contributed by atoms with van der Waals surface area (Å²) in [6, 6.07) is -0.0226. The minimum Gasteiger partial charge on any atom is -0.321 e. The molecular formula is C13H25N5. The largest absolute Gasteiger partial charge is 0.321 e. The molecule has 0 saturated carbocycles. The molecule has 0 amide bonds. The Hall–Kier alpha value is -0.940. The molecule has 2 N–H and O–H groups in total. The summed E-state index contributed by atoms with van der Waals surface area (Å²) >= 11 is 0. The Morgan fingerprint density at radius 3 is 2.39 bits per heavy atom. The maximum Gasteiger partial charge on any atom is 0.0770 e. The number of nitrogens with zero attached hydrogens (tertiary/aromatic N) is 4. The zero-order valence-electron chi connectivity index (χ0n) is 11.8. The van der Waals surface area contributed by atoms with Gasteiger partial charge in [-0.15, -0.1) is 5.10 Å². The molecule has 1 unspecified atom stereocenters. The van der Waals surface area contributed by atoms with Crippen molar-refractivity contribution in [1.29, 1.82) is 0 Å². The molecule has 2 heterocycles. The lowest BCUT2D eigenvalue weighted by atomic mass is 9.81. The zero-order valence-corrected chi connectivity index (χ0v) is 11.8. The molecule has 0 aromatic carbocycles. The summed E-state index contributed by atoms with van der Waals surface area (Å²) in [6.45, 7) is 6.82. The molecule has 18 heavy (non-hydrogen) atoms. The molecule has 1 aromatic heterocycles. The van der Waals surface area contributed by atoms with Crippen molar-refractivity contribution in [2.45, 2.75) is 51.1 Å². The molecule has 0 bridgehead atoms. The van der Waals surface area contributed by atoms with E-state index >= 15 is 0 Å². The van der Waals surface area contributed by atoms with E-state index < -0.39 is 0 Å². The Morgan fingerprint density at radius 1 is 1.33 bits per heavy atom. The van der Waals surface area contributed by atoms with Crippen LogP contribution >= 0.6 is 0 Å². The third-order valence-electron chi connectivity index (χ3n) is 4.61. The molecule has 5 heteroatoms. The van der Waals surface area contributed by atoms with E-state index in [0.29, 0.717) is 0 Å². The minimum atomic E-state index is -0.0226. The SMILES string of the molecule is CCC(CC)(C(N)c1cnnn1C)N1CCCC1. The predicted octanol–water partition coefficient (Wildman–Crippen LogP) is 1.47. The van der Waals surface area contributed by atoms with E-state index in [0.717, 1.165) is 18.5 Å². The summed E-state index contributed by atoms with van der Waals surface area (Å²) in [5.41, 5.74) is 7.66. The van der Waals surface area contributed by atoms with Crippen LogP contribution in [0.15, 0.2) is 6.20 Å². The van der Waals surface area contributed by atoms with E-state index in [1.807, 2.05) is 7.05 Å². The summed E-state index contributed by atoms with van der Waals surface area (Å²) in [4.78, 5) is 2.57. The normalized spacial score (nSPS) is 19.3. The number of rotatable bonds is 5. The molecule has 1 aromatic rings. The molecule has 0 aliphatic carbocycles. The van der Waals surface area contributed by atoms with Gasteiger partial charge >= 0.3 is 0 Å². The van der Waals surface area contributed by atoms with Crippen molar-refractivity contribution in [3.05, 3.63) is 11.9 Å². The van der Waals surface area contributed by atoms with Crippen LogP contribution in [0.3, 0.4) is 0 Å². The standard InChI is InChI=1S/C13H25N5/c1-4-13(5-2,18-8-6-7-9-18)12(14)11-10-15-16-17(11)3/h10,12H,4-9,14H2,1-3H3. The van der Waals surface area contributed by atoms with Crippen LogP contribution < -0.4 is 5.73 Å². The number of aryl methyl sites for hydroxylation is 1. The van der Waals surface area contributed by atoms with E-state index in [1.165, 1.54) is 25.9 Å². The number of aromatic nitrogens is 3. The molecule has 1 saturated heterocycles. The highest BCUT2D eigenvalue weighted by molar-refractivity contribution is 5.12. The molecule has 5 nitrogen and oxygen atoms in total. The van der Waals surface area contributed by atoms with Gasteiger partial charge in [-0.2, -0.15) is 0 Å². The van der Waals surface area contributed by atoms with Crippen LogP contribution in [0, 0.1) is 0 Å². The molecule has 2 rings (SSSR count). The van der Waals surface area contributed by atoms with Gasteiger partial charge in [0.05, 0.1) is 17.9 Å². The van der Waals surface area contributed by atoms with Crippen molar-refractivity contribution in [2.24, 2.45) is 12.8 Å². The molecule has 1 aliphatic heterocycles. The van der Waals surface area contributed by atoms with Gasteiger partial charge in [0.25, 0.3) is 0 Å². The van der Waals surface area contributed by atoms with Crippen LogP contribution in [-0.4, -0.2) is 38.5 Å². The topological polar surface area (TPSA) is 60.0 Å². The lowest BCUT2D eigenvalue weighted by molar-refractivity contribution is 0.0738. The Kier molecular flexibility index (Phi) is 4.02. The quantitative estimate of drug-likeness (QED) is 0.861. The monoisotopic (exact) mass is 251 g/mol. The van der Waals surface area contributed by atoms with Gasteiger partial charge in [-0.3, -0.25) is 9.58 Å². The van der Waals surface area contributed by atoms with Crippen molar-refractivity contribution in [1.82, 2.24) is 19.9 Å². The first-order valence-corrected chi connectivity index (χ1v) is 7.01. The van der Waals surface area contributed by atoms with E-state index in [1.54, 1.807) is 10.9 Å². The highest BCUT2D eigenvalue weighted by Crippen LogP contribution is 2.37. The first-order chi connectivity index (χ1) is 8.65. The van der Waals surface area contributed by atoms with E-state index in [9.17, 15) is 0 Å². The minimum absolute atomic E-state index is 0.0226. The summed E-state index contributed by atoms with van der Waals surface area (Å²) in [5.74, 6) is 0. The fourth-order valence-corrected chi connectivity index (χ4v) is 3.35. The Bertz CT molecular complexity index is 376. The van der Waals surface area contributed by atoms with Crippen LogP contribution in [0.5, 0.6) is 0 Å². The van der Waals surface area contributed by atoms with Gasteiger partial charge in [0.1, 0.15) is 0 Å². The van der Waals surface area contributed by atoms with E-state index in [4.69, 9.17) is 5.73 Å². The molecular weight excluding hydrogens is 226 g/mol. The first-order valence-electron chi connectivity index (χ1n) is 7.01. The molecule has 1 fully saturated rings. The number of nitrogens with two attached hydrogens (primary N) is 1. The van der Waals surface area contributed by atoms with Crippen molar-refractivity contribution >= 4 is 0 Å². The first kappa shape index (κ1) is 13.5. The summed E-state index contributed by atoms with van der Waals surface area (Å²) in [7, 11) is 1.92. The predicted molar refractivity (Wildman–Crippen MR) is 72.1 cm³/mol. The maximum atomic E-state index is 6.58. The average Bonchev–Trinajstić information content (AvgIpc) is 3.02. The van der Waals surface area contributed by atoms with Gasteiger partial charge in [0.15, 0.2) is 0 Å². The van der Waals surface area contributed by atoms with Crippen molar-refractivity contribution in [3.8, 4) is 0 Å². The molecule has 0 radical (unpaired) electrons. The van der Waals surface area contributed by atoms with Gasteiger partial charge in [-0.1, -0.05) is 19.1 Å². The highest BCUT2D eigenvalue weighted by Gasteiger charge is 2.42. The maximum absolute atomic E-state index is 6.58. The van der Waals surface area contributed by atoms with Gasteiger partial charge < -0.3 is 5.73 Å². The van der Waals surface area contributed by atoms with Crippen LogP contribution in [0.4, 0.5) is 0 Å². The van der Waals surface area contributed by atoms with Crippen molar-refractivity contribution in [2.75, 3.05) is 13.1 Å². The number of hydrogen-bond acceptors (Lipinski definition) is 4. The Morgan fingerprint density at radius 2 is 1.94 bits per heavy atom. The number of likely N-dealkylation sites (tertiary alicyclic amines) is 1. The lowest BCUT2D eigenvalue weighted by Crippen LogP contribution is -2.54. The average molecular weight is 251 g/mol. The van der Waals surface area contributed by atoms with Crippen LogP contribution in [0.2, 0.25) is 0 Å². The van der Waals surface area contributed by atoms with Crippen molar-refractivity contribution in [3.63, 3.8) is 0 Å². The summed E-state index contributed by atoms with van der Waals surface area (Å²) in [5, 5.41) is 7.98. The van der Waals surface area contributed by atoms with Gasteiger partial charge in [-0.25, -0.2) is 0 Å². The zero-order chi connectivity index (χ0) is 13.2. The second-order valence-electron chi connectivity index (χ2n) is 5.26. The van der Waals surface area contributed by atoms with E-state index in [2.05, 4.69) is 29.1 Å². The van der Waals surface area contributed by atoms with Crippen LogP contribution in [-0.2, 0) is 7.05 Å². The fraction of sp³-hybridized carbons (Fsp3) is 0.846. The summed E-state index contributed by atoms with van der Waals surface area (Å²) in [6.07, 6.45) is 6.52. The highest BCUT2D eigenvalue weighted by atomic mass is 15.4. The van der Waals surface area contributed by atoms with Crippen LogP contribution in [0.1, 0.15) is 51.3 Å². The Balaban J connectivity index is 2.31. The number of hydrogen-bond donors (Lipinski definition) is 1. The Labute approximate surface area is 109 Å².